The molecule has 0 aromatic heterocycles. The number of hydrogen-bond acceptors (Lipinski definition) is 1. The van der Waals surface area contributed by atoms with Crippen molar-refractivity contribution in [1.29, 1.82) is 0 Å². The van der Waals surface area contributed by atoms with Crippen LogP contribution in [0.3, 0.4) is 0 Å². The van der Waals surface area contributed by atoms with Gasteiger partial charge in [0.05, 0.1) is 6.10 Å². The van der Waals surface area contributed by atoms with E-state index in [2.05, 4.69) is 13.5 Å². The Morgan fingerprint density at radius 1 is 1.75 bits per heavy atom. The van der Waals surface area contributed by atoms with Gasteiger partial charge in [-0.05, 0) is 13.3 Å². The second-order valence-electron chi connectivity index (χ2n) is 1.67. The van der Waals surface area contributed by atoms with Crippen molar-refractivity contribution < 1.29 is 4.74 Å². The van der Waals surface area contributed by atoms with Gasteiger partial charge in [0.1, 0.15) is 0 Å². The van der Waals surface area contributed by atoms with E-state index in [0.29, 0.717) is 0 Å². The zero-order valence-electron chi connectivity index (χ0n) is 5.39. The summed E-state index contributed by atoms with van der Waals surface area (Å²) in [5.41, 5.74) is 0. The van der Waals surface area contributed by atoms with Crippen molar-refractivity contribution in [1.82, 2.24) is 0 Å². The van der Waals surface area contributed by atoms with Gasteiger partial charge in [-0.15, -0.1) is 6.58 Å². The van der Waals surface area contributed by atoms with Crippen molar-refractivity contribution in [2.24, 2.45) is 0 Å². The molecule has 1 radical (unpaired) electrons. The highest BCUT2D eigenvalue weighted by molar-refractivity contribution is 4.74. The molecule has 47 valence electrons. The van der Waals surface area contributed by atoms with Crippen molar-refractivity contribution in [3.63, 3.8) is 0 Å². The minimum atomic E-state index is 0.178. The van der Waals surface area contributed by atoms with E-state index in [0.717, 1.165) is 13.0 Å². The molecule has 0 amide bonds. The van der Waals surface area contributed by atoms with Gasteiger partial charge in [-0.3, -0.25) is 0 Å². The van der Waals surface area contributed by atoms with Gasteiger partial charge < -0.3 is 4.74 Å². The van der Waals surface area contributed by atoms with E-state index in [1.807, 2.05) is 6.92 Å². The van der Waals surface area contributed by atoms with Crippen molar-refractivity contribution in [2.45, 2.75) is 19.4 Å². The molecule has 1 heteroatoms. The highest BCUT2D eigenvalue weighted by Crippen LogP contribution is 1.90. The highest BCUT2D eigenvalue weighted by Gasteiger charge is 1.90. The molecule has 0 rings (SSSR count). The molecule has 0 aromatic rings. The zero-order valence-corrected chi connectivity index (χ0v) is 5.39. The van der Waals surface area contributed by atoms with E-state index in [9.17, 15) is 0 Å². The van der Waals surface area contributed by atoms with Gasteiger partial charge in [0.25, 0.3) is 0 Å². The molecule has 0 aliphatic heterocycles. The van der Waals surface area contributed by atoms with Crippen LogP contribution < -0.4 is 0 Å². The maximum absolute atomic E-state index is 5.16. The summed E-state index contributed by atoms with van der Waals surface area (Å²) < 4.78 is 5.16. The van der Waals surface area contributed by atoms with E-state index >= 15 is 0 Å². The van der Waals surface area contributed by atoms with Crippen molar-refractivity contribution in [2.75, 3.05) is 6.61 Å². The topological polar surface area (TPSA) is 9.23 Å². The molecule has 1 nitrogen and oxygen atoms in total. The summed E-state index contributed by atoms with van der Waals surface area (Å²) in [4.78, 5) is 0. The molecule has 0 N–H and O–H groups in total. The fourth-order valence-electron chi connectivity index (χ4n) is 0.337. The van der Waals surface area contributed by atoms with Crippen LogP contribution in [0.15, 0.2) is 12.7 Å². The highest BCUT2D eigenvalue weighted by atomic mass is 16.5. The minimum Gasteiger partial charge on any atom is -0.374 e. The summed E-state index contributed by atoms with van der Waals surface area (Å²) in [5.74, 6) is 0. The lowest BCUT2D eigenvalue weighted by atomic mass is 10.4. The molecule has 0 aliphatic rings. The van der Waals surface area contributed by atoms with E-state index < -0.39 is 0 Å². The van der Waals surface area contributed by atoms with Gasteiger partial charge in [0, 0.05) is 6.61 Å². The first-order chi connectivity index (χ1) is 3.81. The Morgan fingerprint density at radius 2 is 2.38 bits per heavy atom. The molecule has 0 aliphatic carbocycles. The van der Waals surface area contributed by atoms with Crippen molar-refractivity contribution in [3.8, 4) is 0 Å². The molecule has 0 saturated carbocycles. The van der Waals surface area contributed by atoms with Gasteiger partial charge >= 0.3 is 0 Å². The third-order valence-electron chi connectivity index (χ3n) is 0.857. The van der Waals surface area contributed by atoms with Crippen LogP contribution in [-0.4, -0.2) is 12.7 Å². The second kappa shape index (κ2) is 4.85. The predicted octanol–water partition coefficient (Wildman–Crippen LogP) is 1.80. The molecule has 0 heterocycles. The van der Waals surface area contributed by atoms with Crippen LogP contribution in [0.5, 0.6) is 0 Å². The van der Waals surface area contributed by atoms with Gasteiger partial charge in [0.15, 0.2) is 0 Å². The lowest BCUT2D eigenvalue weighted by Gasteiger charge is -2.04. The van der Waals surface area contributed by atoms with Crippen LogP contribution in [0.1, 0.15) is 13.3 Å². The molecule has 0 bridgehead atoms. The summed E-state index contributed by atoms with van der Waals surface area (Å²) in [6.45, 7) is 9.89. The van der Waals surface area contributed by atoms with Gasteiger partial charge in [0.2, 0.25) is 0 Å². The van der Waals surface area contributed by atoms with Crippen molar-refractivity contribution in [3.05, 3.63) is 19.6 Å². The average Bonchev–Trinajstić information content (AvgIpc) is 1.83. The van der Waals surface area contributed by atoms with Crippen LogP contribution >= 0.6 is 0 Å². The summed E-state index contributed by atoms with van der Waals surface area (Å²) in [6.07, 6.45) is 2.78. The second-order valence-corrected chi connectivity index (χ2v) is 1.67. The Balaban J connectivity index is 2.98. The quantitative estimate of drug-likeness (QED) is 0.505. The van der Waals surface area contributed by atoms with E-state index in [-0.39, 0.29) is 6.10 Å². The average molecular weight is 113 g/mol. The van der Waals surface area contributed by atoms with Crippen LogP contribution in [0, 0.1) is 6.92 Å². The maximum Gasteiger partial charge on any atom is 0.0725 e. The third kappa shape index (κ3) is 3.88. The lowest BCUT2D eigenvalue weighted by molar-refractivity contribution is 0.101. The number of ether oxygens (including phenoxy) is 1. The fraction of sp³-hybridized carbons (Fsp3) is 0.571. The lowest BCUT2D eigenvalue weighted by Crippen LogP contribution is -2.03. The Labute approximate surface area is 51.4 Å². The first-order valence-electron chi connectivity index (χ1n) is 2.84. The predicted molar refractivity (Wildman–Crippen MR) is 35.6 cm³/mol. The molecule has 0 saturated heterocycles. The van der Waals surface area contributed by atoms with Crippen LogP contribution in [0.4, 0.5) is 0 Å². The Kier molecular flexibility index (Phi) is 4.67. The normalized spacial score (nSPS) is 13.2. The van der Waals surface area contributed by atoms with Crippen LogP contribution in [0.2, 0.25) is 0 Å². The molecule has 8 heavy (non-hydrogen) atoms. The standard InChI is InChI=1S/C7H13O/c1-4-6-8-7(3)5-2/h5,7H,1-2,4,6H2,3H3. The minimum absolute atomic E-state index is 0.178. The molecular formula is C7H13O. The smallest absolute Gasteiger partial charge is 0.0725 e. The van der Waals surface area contributed by atoms with Gasteiger partial charge in [-0.2, -0.15) is 0 Å². The fourth-order valence-corrected chi connectivity index (χ4v) is 0.337. The van der Waals surface area contributed by atoms with Crippen LogP contribution in [-0.2, 0) is 4.74 Å². The molecule has 0 spiro atoms. The molecule has 0 fully saturated rings. The van der Waals surface area contributed by atoms with E-state index in [1.54, 1.807) is 6.08 Å². The maximum atomic E-state index is 5.16. The van der Waals surface area contributed by atoms with Gasteiger partial charge in [-0.1, -0.05) is 13.0 Å². The number of rotatable bonds is 4. The van der Waals surface area contributed by atoms with Crippen molar-refractivity contribution >= 4 is 0 Å². The SMILES string of the molecule is [CH2]CCOC(C)C=C. The zero-order chi connectivity index (χ0) is 6.41. The third-order valence-corrected chi connectivity index (χ3v) is 0.857. The van der Waals surface area contributed by atoms with E-state index in [4.69, 9.17) is 4.74 Å². The molecule has 1 atom stereocenters. The van der Waals surface area contributed by atoms with Crippen LogP contribution in [0.25, 0.3) is 0 Å². The van der Waals surface area contributed by atoms with E-state index in [1.165, 1.54) is 0 Å². The summed E-state index contributed by atoms with van der Waals surface area (Å²) >= 11 is 0. The summed E-state index contributed by atoms with van der Waals surface area (Å²) in [5, 5.41) is 0. The Bertz CT molecular complexity index is 59.4. The Hall–Kier alpha value is -0.300. The van der Waals surface area contributed by atoms with Gasteiger partial charge in [-0.25, -0.2) is 0 Å². The molecule has 0 aromatic carbocycles. The summed E-state index contributed by atoms with van der Waals surface area (Å²) in [7, 11) is 0. The monoisotopic (exact) mass is 113 g/mol. The Morgan fingerprint density at radius 3 is 2.75 bits per heavy atom. The first kappa shape index (κ1) is 7.70. The summed E-state index contributed by atoms with van der Waals surface area (Å²) in [6, 6.07) is 0. The largest absolute Gasteiger partial charge is 0.374 e. The number of hydrogen-bond donors (Lipinski definition) is 0. The molecule has 1 unspecified atom stereocenters. The molecular weight excluding hydrogens is 100 g/mol. The first-order valence-corrected chi connectivity index (χ1v) is 2.84.